The van der Waals surface area contributed by atoms with Crippen molar-refractivity contribution in [2.45, 2.75) is 0 Å². The molecule has 0 saturated carbocycles. The maximum Gasteiger partial charge on any atom is 0.280 e. The molecule has 0 spiro atoms. The third-order valence-corrected chi connectivity index (χ3v) is 1.31. The summed E-state index contributed by atoms with van der Waals surface area (Å²) in [5.74, 6) is -0.386. The van der Waals surface area contributed by atoms with Gasteiger partial charge in [-0.1, -0.05) is 0 Å². The van der Waals surface area contributed by atoms with E-state index in [9.17, 15) is 4.79 Å². The average molecular weight is 198 g/mol. The molecule has 0 bridgehead atoms. The highest BCUT2D eigenvalue weighted by molar-refractivity contribution is 8.23. The molecule has 3 nitrogen and oxygen atoms in total. The summed E-state index contributed by atoms with van der Waals surface area (Å²) in [6.07, 6.45) is 3.03. The zero-order valence-electron chi connectivity index (χ0n) is 6.01. The van der Waals surface area contributed by atoms with E-state index >= 15 is 0 Å². The number of rotatable bonds is 1. The Morgan fingerprint density at radius 3 is 2.75 bits per heavy atom. The van der Waals surface area contributed by atoms with Crippen molar-refractivity contribution < 1.29 is 4.79 Å². The summed E-state index contributed by atoms with van der Waals surface area (Å²) in [5, 5.41) is 0. The molecule has 1 heterocycles. The Bertz CT molecular complexity index is 306. The van der Waals surface area contributed by atoms with Crippen molar-refractivity contribution in [3.63, 3.8) is 0 Å². The second kappa shape index (κ2) is 4.27. The van der Waals surface area contributed by atoms with E-state index in [1.165, 1.54) is 6.20 Å². The van der Waals surface area contributed by atoms with E-state index in [2.05, 4.69) is 35.2 Å². The quantitative estimate of drug-likeness (QED) is 0.407. The number of pyridine rings is 1. The molecular formula is C7H6N2OS2. The fraction of sp³-hybridized carbons (Fsp3) is 0. The van der Waals surface area contributed by atoms with Gasteiger partial charge in [0.05, 0.1) is 5.56 Å². The van der Waals surface area contributed by atoms with Crippen LogP contribution in [0.25, 0.3) is 0 Å². The van der Waals surface area contributed by atoms with Gasteiger partial charge >= 0.3 is 0 Å². The van der Waals surface area contributed by atoms with Gasteiger partial charge in [-0.05, 0) is 12.1 Å². The van der Waals surface area contributed by atoms with Crippen molar-refractivity contribution in [1.82, 2.24) is 4.98 Å². The fourth-order valence-electron chi connectivity index (χ4n) is 0.645. The molecule has 0 aliphatic rings. The van der Waals surface area contributed by atoms with Crippen LogP contribution in [0.2, 0.25) is 0 Å². The monoisotopic (exact) mass is 198 g/mol. The first-order valence-corrected chi connectivity index (χ1v) is 4.00. The zero-order valence-corrected chi connectivity index (χ0v) is 7.80. The number of nitrogens with zero attached hydrogens (tertiary/aromatic N) is 2. The normalized spacial score (nSPS) is 9.17. The first kappa shape index (κ1) is 9.28. The van der Waals surface area contributed by atoms with Crippen molar-refractivity contribution in [2.24, 2.45) is 4.99 Å². The van der Waals surface area contributed by atoms with Crippen molar-refractivity contribution >= 4 is 35.5 Å². The van der Waals surface area contributed by atoms with Crippen LogP contribution in [0.15, 0.2) is 29.5 Å². The van der Waals surface area contributed by atoms with Gasteiger partial charge in [-0.15, -0.1) is 25.3 Å². The summed E-state index contributed by atoms with van der Waals surface area (Å²) in [7, 11) is 0. The molecule has 62 valence electrons. The van der Waals surface area contributed by atoms with Crippen molar-refractivity contribution in [3.8, 4) is 0 Å². The Kier molecular flexibility index (Phi) is 3.31. The van der Waals surface area contributed by atoms with Crippen LogP contribution in [0.5, 0.6) is 0 Å². The van der Waals surface area contributed by atoms with E-state index in [0.717, 1.165) is 0 Å². The SMILES string of the molecule is O=C(N=C(S)S)c1cccnc1. The zero-order chi connectivity index (χ0) is 8.97. The van der Waals surface area contributed by atoms with E-state index in [1.54, 1.807) is 18.3 Å². The van der Waals surface area contributed by atoms with E-state index in [4.69, 9.17) is 0 Å². The molecule has 0 N–H and O–H groups in total. The second-order valence-electron chi connectivity index (χ2n) is 1.96. The lowest BCUT2D eigenvalue weighted by molar-refractivity contribution is 0.100. The number of thiol groups is 2. The van der Waals surface area contributed by atoms with Gasteiger partial charge in [-0.25, -0.2) is 0 Å². The van der Waals surface area contributed by atoms with Crippen molar-refractivity contribution in [1.29, 1.82) is 0 Å². The van der Waals surface area contributed by atoms with E-state index < -0.39 is 0 Å². The summed E-state index contributed by atoms with van der Waals surface area (Å²) in [6.45, 7) is 0. The minimum Gasteiger partial charge on any atom is -0.267 e. The minimum absolute atomic E-state index is 0.142. The van der Waals surface area contributed by atoms with Gasteiger partial charge in [0.1, 0.15) is 4.38 Å². The molecule has 0 aliphatic carbocycles. The van der Waals surface area contributed by atoms with Crippen LogP contribution < -0.4 is 0 Å². The molecule has 0 unspecified atom stereocenters. The highest BCUT2D eigenvalue weighted by Crippen LogP contribution is 2.00. The molecule has 1 aromatic rings. The molecule has 1 rings (SSSR count). The predicted octanol–water partition coefficient (Wildman–Crippen LogP) is 1.44. The van der Waals surface area contributed by atoms with Gasteiger partial charge < -0.3 is 0 Å². The number of hydrogen-bond acceptors (Lipinski definition) is 2. The maximum absolute atomic E-state index is 11.1. The Labute approximate surface area is 80.7 Å². The Morgan fingerprint density at radius 1 is 1.50 bits per heavy atom. The first-order valence-electron chi connectivity index (χ1n) is 3.11. The van der Waals surface area contributed by atoms with E-state index in [-0.39, 0.29) is 10.3 Å². The van der Waals surface area contributed by atoms with Crippen LogP contribution in [-0.4, -0.2) is 15.3 Å². The molecule has 0 saturated heterocycles. The summed E-state index contributed by atoms with van der Waals surface area (Å²) in [5.41, 5.74) is 0.429. The smallest absolute Gasteiger partial charge is 0.267 e. The molecule has 12 heavy (non-hydrogen) atoms. The first-order chi connectivity index (χ1) is 5.70. The van der Waals surface area contributed by atoms with Crippen LogP contribution >= 0.6 is 25.3 Å². The highest BCUT2D eigenvalue weighted by atomic mass is 32.2. The second-order valence-corrected chi connectivity index (χ2v) is 3.16. The number of aliphatic imine (C=N–C) groups is 1. The molecule has 5 heteroatoms. The number of aromatic nitrogens is 1. The van der Waals surface area contributed by atoms with E-state index in [0.29, 0.717) is 5.56 Å². The highest BCUT2D eigenvalue weighted by Gasteiger charge is 2.02. The molecule has 1 aromatic heterocycles. The van der Waals surface area contributed by atoms with Gasteiger partial charge in [0.2, 0.25) is 0 Å². The number of carbonyl (C=O) groups is 1. The lowest BCUT2D eigenvalue weighted by Gasteiger charge is -1.92. The third kappa shape index (κ3) is 2.67. The van der Waals surface area contributed by atoms with Gasteiger partial charge in [0, 0.05) is 12.4 Å². The summed E-state index contributed by atoms with van der Waals surface area (Å²) in [6, 6.07) is 3.29. The topological polar surface area (TPSA) is 42.3 Å². The number of amides is 1. The predicted molar refractivity (Wildman–Crippen MR) is 54.0 cm³/mol. The third-order valence-electron chi connectivity index (χ3n) is 1.11. The van der Waals surface area contributed by atoms with Crippen LogP contribution in [-0.2, 0) is 0 Å². The molecule has 0 aliphatic heterocycles. The number of carbonyl (C=O) groups excluding carboxylic acids is 1. The minimum atomic E-state index is -0.386. The maximum atomic E-state index is 11.1. The Morgan fingerprint density at radius 2 is 2.25 bits per heavy atom. The molecule has 1 amide bonds. The van der Waals surface area contributed by atoms with Crippen LogP contribution in [0.1, 0.15) is 10.4 Å². The fourth-order valence-corrected chi connectivity index (χ4v) is 0.826. The van der Waals surface area contributed by atoms with Gasteiger partial charge in [-0.2, -0.15) is 4.99 Å². The molecule has 0 radical (unpaired) electrons. The summed E-state index contributed by atoms with van der Waals surface area (Å²) in [4.78, 5) is 18.4. The molecule has 0 atom stereocenters. The summed E-state index contributed by atoms with van der Waals surface area (Å²) >= 11 is 7.52. The largest absolute Gasteiger partial charge is 0.280 e. The summed E-state index contributed by atoms with van der Waals surface area (Å²) < 4.78 is 0.142. The van der Waals surface area contributed by atoms with E-state index in [1.807, 2.05) is 0 Å². The lowest BCUT2D eigenvalue weighted by atomic mass is 10.3. The van der Waals surface area contributed by atoms with Gasteiger partial charge in [-0.3, -0.25) is 9.78 Å². The molecule has 0 aromatic carbocycles. The lowest BCUT2D eigenvalue weighted by Crippen LogP contribution is -1.96. The molecule has 0 fully saturated rings. The standard InChI is InChI=1S/C7H6N2OS2/c10-6(9-7(11)12)5-2-1-3-8-4-5/h1-4H,(H2,9,10,11,12). The van der Waals surface area contributed by atoms with Crippen molar-refractivity contribution in [2.75, 3.05) is 0 Å². The Hall–Kier alpha value is -0.810. The van der Waals surface area contributed by atoms with Crippen LogP contribution in [0.4, 0.5) is 0 Å². The molecular weight excluding hydrogens is 192 g/mol. The number of hydrogen-bond donors (Lipinski definition) is 2. The Balaban J connectivity index is 2.87. The van der Waals surface area contributed by atoms with Crippen molar-refractivity contribution in [3.05, 3.63) is 30.1 Å². The van der Waals surface area contributed by atoms with Crippen LogP contribution in [0.3, 0.4) is 0 Å². The van der Waals surface area contributed by atoms with Gasteiger partial charge in [0.25, 0.3) is 5.91 Å². The van der Waals surface area contributed by atoms with Crippen LogP contribution in [0, 0.1) is 0 Å². The van der Waals surface area contributed by atoms with Gasteiger partial charge in [0.15, 0.2) is 0 Å². The average Bonchev–Trinajstić information content (AvgIpc) is 2.05.